The van der Waals surface area contributed by atoms with Crippen molar-refractivity contribution in [2.75, 3.05) is 12.0 Å². The van der Waals surface area contributed by atoms with Crippen molar-refractivity contribution in [2.24, 2.45) is 13.0 Å². The van der Waals surface area contributed by atoms with E-state index in [0.717, 1.165) is 12.4 Å². The molecule has 1 amide bonds. The Morgan fingerprint density at radius 1 is 1.42 bits per heavy atom. The summed E-state index contributed by atoms with van der Waals surface area (Å²) in [6, 6.07) is 9.05. The van der Waals surface area contributed by atoms with Crippen molar-refractivity contribution in [3.05, 3.63) is 41.1 Å². The molecule has 1 aromatic carbocycles. The summed E-state index contributed by atoms with van der Waals surface area (Å²) >= 11 is 0. The predicted octanol–water partition coefficient (Wildman–Crippen LogP) is 2.15. The SMILES string of the molecule is Cc1nn(C)c(NNC(=O)c2ccc(OCC3CC3)cc2)c1C#N. The number of hydrogen-bond donors (Lipinski definition) is 2. The molecule has 0 unspecified atom stereocenters. The average Bonchev–Trinajstić information content (AvgIpc) is 3.36. The second kappa shape index (κ2) is 6.62. The Hall–Kier alpha value is -3.01. The van der Waals surface area contributed by atoms with Crippen LogP contribution in [0.1, 0.15) is 34.5 Å². The molecule has 0 spiro atoms. The van der Waals surface area contributed by atoms with E-state index < -0.39 is 0 Å². The summed E-state index contributed by atoms with van der Waals surface area (Å²) in [6.45, 7) is 2.48. The molecule has 0 atom stereocenters. The molecule has 124 valence electrons. The average molecular weight is 325 g/mol. The summed E-state index contributed by atoms with van der Waals surface area (Å²) in [4.78, 5) is 12.2. The van der Waals surface area contributed by atoms with Crippen LogP contribution in [-0.4, -0.2) is 22.3 Å². The third-order valence-electron chi connectivity index (χ3n) is 3.93. The first-order chi connectivity index (χ1) is 11.6. The van der Waals surface area contributed by atoms with Gasteiger partial charge in [0, 0.05) is 12.6 Å². The topological polar surface area (TPSA) is 92.0 Å². The smallest absolute Gasteiger partial charge is 0.269 e. The predicted molar refractivity (Wildman–Crippen MR) is 88.4 cm³/mol. The minimum atomic E-state index is -0.300. The van der Waals surface area contributed by atoms with E-state index in [1.54, 1.807) is 38.2 Å². The lowest BCUT2D eigenvalue weighted by Crippen LogP contribution is -2.30. The molecule has 1 fully saturated rings. The van der Waals surface area contributed by atoms with Crippen molar-refractivity contribution in [3.8, 4) is 11.8 Å². The van der Waals surface area contributed by atoms with Crippen LogP contribution in [0.3, 0.4) is 0 Å². The molecular formula is C17H19N5O2. The number of amides is 1. The van der Waals surface area contributed by atoms with E-state index in [9.17, 15) is 4.79 Å². The van der Waals surface area contributed by atoms with Crippen LogP contribution >= 0.6 is 0 Å². The Balaban J connectivity index is 1.59. The molecule has 1 aliphatic carbocycles. The lowest BCUT2D eigenvalue weighted by molar-refractivity contribution is 0.0962. The van der Waals surface area contributed by atoms with E-state index in [-0.39, 0.29) is 5.91 Å². The minimum absolute atomic E-state index is 0.300. The monoisotopic (exact) mass is 325 g/mol. The first kappa shape index (κ1) is 15.9. The van der Waals surface area contributed by atoms with Crippen LogP contribution in [-0.2, 0) is 7.05 Å². The largest absolute Gasteiger partial charge is 0.493 e. The van der Waals surface area contributed by atoms with E-state index >= 15 is 0 Å². The van der Waals surface area contributed by atoms with Crippen LogP contribution in [0.25, 0.3) is 0 Å². The van der Waals surface area contributed by atoms with Crippen molar-refractivity contribution in [2.45, 2.75) is 19.8 Å². The van der Waals surface area contributed by atoms with Gasteiger partial charge in [-0.2, -0.15) is 10.4 Å². The number of carbonyl (C=O) groups is 1. The summed E-state index contributed by atoms with van der Waals surface area (Å²) in [5.74, 6) is 1.61. The highest BCUT2D eigenvalue weighted by molar-refractivity contribution is 5.95. The van der Waals surface area contributed by atoms with Gasteiger partial charge in [-0.25, -0.2) is 0 Å². The highest BCUT2D eigenvalue weighted by Crippen LogP contribution is 2.29. The first-order valence-electron chi connectivity index (χ1n) is 7.81. The van der Waals surface area contributed by atoms with E-state index in [1.165, 1.54) is 17.5 Å². The Kier molecular flexibility index (Phi) is 4.38. The Bertz CT molecular complexity index is 785. The number of aryl methyl sites for hydroxylation is 2. The third kappa shape index (κ3) is 3.49. The number of carbonyl (C=O) groups excluding carboxylic acids is 1. The zero-order chi connectivity index (χ0) is 17.1. The Morgan fingerprint density at radius 3 is 2.75 bits per heavy atom. The maximum atomic E-state index is 12.2. The lowest BCUT2D eigenvalue weighted by atomic mass is 10.2. The molecule has 0 saturated heterocycles. The normalized spacial score (nSPS) is 13.2. The van der Waals surface area contributed by atoms with Gasteiger partial charge in [-0.1, -0.05) is 0 Å². The molecule has 1 aliphatic rings. The summed E-state index contributed by atoms with van der Waals surface area (Å²) in [5, 5.41) is 13.3. The number of nitrogens with zero attached hydrogens (tertiary/aromatic N) is 3. The summed E-state index contributed by atoms with van der Waals surface area (Å²) in [7, 11) is 1.70. The fraction of sp³-hybridized carbons (Fsp3) is 0.353. The molecule has 3 rings (SSSR count). The van der Waals surface area contributed by atoms with Crippen LogP contribution in [0.15, 0.2) is 24.3 Å². The molecule has 2 aromatic rings. The van der Waals surface area contributed by atoms with E-state index in [0.29, 0.717) is 28.6 Å². The van der Waals surface area contributed by atoms with Gasteiger partial charge in [-0.15, -0.1) is 0 Å². The van der Waals surface area contributed by atoms with Gasteiger partial charge in [0.2, 0.25) is 0 Å². The standard InChI is InChI=1S/C17H19N5O2/c1-11-15(9-18)16(22(2)21-11)19-20-17(23)13-5-7-14(8-6-13)24-10-12-3-4-12/h5-8,12,19H,3-4,10H2,1-2H3,(H,20,23). The van der Waals surface area contributed by atoms with Crippen LogP contribution < -0.4 is 15.6 Å². The molecule has 1 aromatic heterocycles. The summed E-state index contributed by atoms with van der Waals surface area (Å²) in [5.41, 5.74) is 6.85. The molecule has 7 heteroatoms. The molecule has 24 heavy (non-hydrogen) atoms. The second-order valence-corrected chi connectivity index (χ2v) is 5.90. The number of nitrogens with one attached hydrogen (secondary N) is 2. The van der Waals surface area contributed by atoms with Crippen LogP contribution in [0.4, 0.5) is 5.82 Å². The molecule has 0 aliphatic heterocycles. The second-order valence-electron chi connectivity index (χ2n) is 5.90. The molecule has 0 bridgehead atoms. The zero-order valence-corrected chi connectivity index (χ0v) is 13.7. The summed E-state index contributed by atoms with van der Waals surface area (Å²) in [6.07, 6.45) is 2.48. The maximum absolute atomic E-state index is 12.2. The number of ether oxygens (including phenoxy) is 1. The molecule has 1 heterocycles. The molecular weight excluding hydrogens is 306 g/mol. The van der Waals surface area contributed by atoms with Crippen molar-refractivity contribution < 1.29 is 9.53 Å². The third-order valence-corrected chi connectivity index (χ3v) is 3.93. The van der Waals surface area contributed by atoms with Crippen LogP contribution in [0.5, 0.6) is 5.75 Å². The van der Waals surface area contributed by atoms with E-state index in [1.807, 2.05) is 0 Å². The van der Waals surface area contributed by atoms with E-state index in [2.05, 4.69) is 22.0 Å². The van der Waals surface area contributed by atoms with Crippen molar-refractivity contribution in [1.29, 1.82) is 5.26 Å². The first-order valence-corrected chi connectivity index (χ1v) is 7.81. The molecule has 2 N–H and O–H groups in total. The highest BCUT2D eigenvalue weighted by atomic mass is 16.5. The van der Waals surface area contributed by atoms with Gasteiger partial charge in [0.1, 0.15) is 17.4 Å². The number of hydrazine groups is 1. The van der Waals surface area contributed by atoms with Gasteiger partial charge >= 0.3 is 0 Å². The Labute approximate surface area is 140 Å². The van der Waals surface area contributed by atoms with Gasteiger partial charge in [0.05, 0.1) is 12.3 Å². The van der Waals surface area contributed by atoms with Gasteiger partial charge in [0.25, 0.3) is 5.91 Å². The maximum Gasteiger partial charge on any atom is 0.269 e. The highest BCUT2D eigenvalue weighted by Gasteiger charge is 2.21. The van der Waals surface area contributed by atoms with Crippen molar-refractivity contribution in [3.63, 3.8) is 0 Å². The molecule has 7 nitrogen and oxygen atoms in total. The van der Waals surface area contributed by atoms with E-state index in [4.69, 9.17) is 10.00 Å². The van der Waals surface area contributed by atoms with Crippen LogP contribution in [0, 0.1) is 24.2 Å². The number of nitriles is 1. The Morgan fingerprint density at radius 2 is 2.12 bits per heavy atom. The fourth-order valence-corrected chi connectivity index (χ4v) is 2.32. The van der Waals surface area contributed by atoms with Crippen LogP contribution in [0.2, 0.25) is 0 Å². The number of benzene rings is 1. The number of aromatic nitrogens is 2. The zero-order valence-electron chi connectivity index (χ0n) is 13.7. The van der Waals surface area contributed by atoms with Gasteiger partial charge in [0.15, 0.2) is 5.82 Å². The fourth-order valence-electron chi connectivity index (χ4n) is 2.32. The quantitative estimate of drug-likeness (QED) is 0.794. The van der Waals surface area contributed by atoms with Gasteiger partial charge < -0.3 is 4.74 Å². The summed E-state index contributed by atoms with van der Waals surface area (Å²) < 4.78 is 7.16. The lowest BCUT2D eigenvalue weighted by Gasteiger charge is -2.10. The number of hydrogen-bond acceptors (Lipinski definition) is 5. The molecule has 0 radical (unpaired) electrons. The van der Waals surface area contributed by atoms with Gasteiger partial charge in [-0.05, 0) is 49.9 Å². The number of anilines is 1. The number of rotatable bonds is 6. The van der Waals surface area contributed by atoms with Gasteiger partial charge in [-0.3, -0.25) is 20.3 Å². The van der Waals surface area contributed by atoms with Crippen molar-refractivity contribution in [1.82, 2.24) is 15.2 Å². The minimum Gasteiger partial charge on any atom is -0.493 e. The molecule has 1 saturated carbocycles. The van der Waals surface area contributed by atoms with Crippen molar-refractivity contribution >= 4 is 11.7 Å².